The van der Waals surface area contributed by atoms with Gasteiger partial charge in [0.15, 0.2) is 0 Å². The maximum absolute atomic E-state index is 14.0. The Morgan fingerprint density at radius 1 is 0.783 bits per heavy atom. The zero-order valence-corrected chi connectivity index (χ0v) is 28.2. The van der Waals surface area contributed by atoms with E-state index in [0.29, 0.717) is 30.8 Å². The molecule has 0 heterocycles. The van der Waals surface area contributed by atoms with Gasteiger partial charge in [-0.05, 0) is 73.9 Å². The fourth-order valence-electron chi connectivity index (χ4n) is 4.93. The van der Waals surface area contributed by atoms with E-state index in [1.54, 1.807) is 30.0 Å². The zero-order chi connectivity index (χ0) is 34.4. The van der Waals surface area contributed by atoms with Gasteiger partial charge in [0, 0.05) is 49.4 Å². The number of carbonyl (C=O) groups excluding carboxylic acids is 4. The SMILES string of the molecule is CCCN(CCC)C(=O)c1cccc(C(=O)N[C@H](CN[C@@H](C)C(=O)N[C@H](C(=O)NCC(C)C)C(C)C)Cc2cc(F)cc(F)c2)c1. The number of nitrogens with one attached hydrogen (secondary N) is 4. The summed E-state index contributed by atoms with van der Waals surface area (Å²) in [7, 11) is 0. The molecule has 0 aliphatic carbocycles. The minimum atomic E-state index is -0.758. The molecule has 0 radical (unpaired) electrons. The first kappa shape index (κ1) is 38.3. The zero-order valence-electron chi connectivity index (χ0n) is 28.2. The quantitative estimate of drug-likeness (QED) is 0.191. The largest absolute Gasteiger partial charge is 0.354 e. The van der Waals surface area contributed by atoms with E-state index in [0.717, 1.165) is 18.9 Å². The molecular weight excluding hydrogens is 592 g/mol. The van der Waals surface area contributed by atoms with Crippen molar-refractivity contribution in [2.45, 2.75) is 85.9 Å². The highest BCUT2D eigenvalue weighted by Gasteiger charge is 2.27. The molecule has 0 unspecified atom stereocenters. The summed E-state index contributed by atoms with van der Waals surface area (Å²) in [6.07, 6.45) is 1.68. The van der Waals surface area contributed by atoms with E-state index >= 15 is 0 Å². The molecule has 0 aliphatic rings. The number of hydrogen-bond acceptors (Lipinski definition) is 5. The van der Waals surface area contributed by atoms with Crippen LogP contribution in [0, 0.1) is 23.5 Å². The molecule has 4 N–H and O–H groups in total. The average molecular weight is 644 g/mol. The third kappa shape index (κ3) is 12.5. The van der Waals surface area contributed by atoms with Crippen molar-refractivity contribution < 1.29 is 28.0 Å². The van der Waals surface area contributed by atoms with E-state index in [9.17, 15) is 28.0 Å². The van der Waals surface area contributed by atoms with E-state index < -0.39 is 41.6 Å². The number of benzene rings is 2. The predicted molar refractivity (Wildman–Crippen MR) is 176 cm³/mol. The van der Waals surface area contributed by atoms with Crippen LogP contribution in [0.1, 0.15) is 87.6 Å². The molecule has 0 saturated heterocycles. The van der Waals surface area contributed by atoms with Gasteiger partial charge >= 0.3 is 0 Å². The van der Waals surface area contributed by atoms with Crippen molar-refractivity contribution in [2.75, 3.05) is 26.2 Å². The van der Waals surface area contributed by atoms with Gasteiger partial charge in [-0.2, -0.15) is 0 Å². The lowest BCUT2D eigenvalue weighted by Crippen LogP contribution is -2.55. The van der Waals surface area contributed by atoms with Crippen molar-refractivity contribution in [1.82, 2.24) is 26.2 Å². The fourth-order valence-corrected chi connectivity index (χ4v) is 4.93. The minimum absolute atomic E-state index is 0.0629. The Morgan fingerprint density at radius 3 is 1.96 bits per heavy atom. The van der Waals surface area contributed by atoms with Gasteiger partial charge in [-0.25, -0.2) is 8.78 Å². The first-order valence-corrected chi connectivity index (χ1v) is 16.2. The Hall–Kier alpha value is -3.86. The van der Waals surface area contributed by atoms with Crippen LogP contribution in [0.5, 0.6) is 0 Å². The summed E-state index contributed by atoms with van der Waals surface area (Å²) in [5, 5.41) is 11.6. The average Bonchev–Trinajstić information content (AvgIpc) is 2.99. The Bertz CT molecular complexity index is 1290. The summed E-state index contributed by atoms with van der Waals surface area (Å²) in [4.78, 5) is 54.1. The van der Waals surface area contributed by atoms with Crippen LogP contribution in [-0.2, 0) is 16.0 Å². The molecule has 11 heteroatoms. The summed E-state index contributed by atoms with van der Waals surface area (Å²) in [5.74, 6) is -2.70. The normalized spacial score (nSPS) is 13.2. The lowest BCUT2D eigenvalue weighted by molar-refractivity contribution is -0.131. The summed E-state index contributed by atoms with van der Waals surface area (Å²) in [6, 6.07) is 7.41. The molecule has 2 aromatic rings. The van der Waals surface area contributed by atoms with Crippen LogP contribution in [0.4, 0.5) is 8.78 Å². The van der Waals surface area contributed by atoms with Crippen LogP contribution in [0.15, 0.2) is 42.5 Å². The van der Waals surface area contributed by atoms with Crippen LogP contribution in [-0.4, -0.2) is 72.8 Å². The predicted octanol–water partition coefficient (Wildman–Crippen LogP) is 4.46. The van der Waals surface area contributed by atoms with Gasteiger partial charge in [0.2, 0.25) is 11.8 Å². The van der Waals surface area contributed by atoms with Crippen molar-refractivity contribution in [3.05, 3.63) is 70.8 Å². The highest BCUT2D eigenvalue weighted by molar-refractivity contribution is 5.99. The molecular formula is C35H51F2N5O4. The van der Waals surface area contributed by atoms with E-state index in [-0.39, 0.29) is 42.2 Å². The lowest BCUT2D eigenvalue weighted by atomic mass is 10.0. The highest BCUT2D eigenvalue weighted by atomic mass is 19.1. The second-order valence-electron chi connectivity index (χ2n) is 12.5. The van der Waals surface area contributed by atoms with Crippen LogP contribution in [0.25, 0.3) is 0 Å². The van der Waals surface area contributed by atoms with Gasteiger partial charge in [0.05, 0.1) is 6.04 Å². The van der Waals surface area contributed by atoms with Crippen molar-refractivity contribution in [3.8, 4) is 0 Å². The first-order valence-electron chi connectivity index (χ1n) is 16.2. The molecule has 2 rings (SSSR count). The molecule has 9 nitrogen and oxygen atoms in total. The molecule has 3 atom stereocenters. The summed E-state index contributed by atoms with van der Waals surface area (Å²) >= 11 is 0. The smallest absolute Gasteiger partial charge is 0.253 e. The van der Waals surface area contributed by atoms with Gasteiger partial charge in [-0.15, -0.1) is 0 Å². The van der Waals surface area contributed by atoms with Gasteiger partial charge in [-0.3, -0.25) is 19.2 Å². The van der Waals surface area contributed by atoms with Crippen molar-refractivity contribution in [2.24, 2.45) is 11.8 Å². The molecule has 0 aliphatic heterocycles. The van der Waals surface area contributed by atoms with E-state index in [1.165, 1.54) is 18.2 Å². The van der Waals surface area contributed by atoms with Gasteiger partial charge < -0.3 is 26.2 Å². The molecule has 4 amide bonds. The highest BCUT2D eigenvalue weighted by Crippen LogP contribution is 2.13. The molecule has 46 heavy (non-hydrogen) atoms. The van der Waals surface area contributed by atoms with Gasteiger partial charge in [0.25, 0.3) is 11.8 Å². The number of halogens is 2. The minimum Gasteiger partial charge on any atom is -0.354 e. The van der Waals surface area contributed by atoms with Crippen LogP contribution in [0.3, 0.4) is 0 Å². The third-order valence-electron chi connectivity index (χ3n) is 7.38. The molecule has 0 bridgehead atoms. The van der Waals surface area contributed by atoms with Crippen LogP contribution < -0.4 is 21.3 Å². The van der Waals surface area contributed by atoms with Crippen molar-refractivity contribution in [1.29, 1.82) is 0 Å². The molecule has 0 spiro atoms. The topological polar surface area (TPSA) is 120 Å². The van der Waals surface area contributed by atoms with E-state index in [1.807, 2.05) is 41.5 Å². The molecule has 0 fully saturated rings. The summed E-state index contributed by atoms with van der Waals surface area (Å²) in [6.45, 7) is 15.0. The van der Waals surface area contributed by atoms with Crippen molar-refractivity contribution in [3.63, 3.8) is 0 Å². The molecule has 0 saturated carbocycles. The van der Waals surface area contributed by atoms with Gasteiger partial charge in [0.1, 0.15) is 17.7 Å². The molecule has 2 aromatic carbocycles. The Morgan fingerprint density at radius 2 is 1.39 bits per heavy atom. The summed E-state index contributed by atoms with van der Waals surface area (Å²) in [5.41, 5.74) is 0.966. The van der Waals surface area contributed by atoms with Gasteiger partial charge in [-0.1, -0.05) is 47.6 Å². The van der Waals surface area contributed by atoms with E-state index in [2.05, 4.69) is 21.3 Å². The number of rotatable bonds is 18. The fraction of sp³-hybridized carbons (Fsp3) is 0.543. The molecule has 0 aromatic heterocycles. The lowest BCUT2D eigenvalue weighted by Gasteiger charge is -2.26. The van der Waals surface area contributed by atoms with Crippen LogP contribution >= 0.6 is 0 Å². The molecule has 254 valence electrons. The second kappa shape index (κ2) is 19.0. The van der Waals surface area contributed by atoms with Crippen molar-refractivity contribution >= 4 is 23.6 Å². The monoisotopic (exact) mass is 643 g/mol. The van der Waals surface area contributed by atoms with Crippen LogP contribution in [0.2, 0.25) is 0 Å². The van der Waals surface area contributed by atoms with E-state index in [4.69, 9.17) is 0 Å². The Balaban J connectivity index is 2.21. The number of amides is 4. The maximum atomic E-state index is 14.0. The second-order valence-corrected chi connectivity index (χ2v) is 12.5. The first-order chi connectivity index (χ1) is 21.7. The maximum Gasteiger partial charge on any atom is 0.253 e. The Labute approximate surface area is 272 Å². The summed E-state index contributed by atoms with van der Waals surface area (Å²) < 4.78 is 28.0. The number of nitrogens with zero attached hydrogens (tertiary/aromatic N) is 1. The standard InChI is InChI=1S/C35H51F2N5O4/c1-8-13-42(14-9-2)35(46)27-12-10-11-26(18-27)33(44)40-30(17-25-15-28(36)19-29(37)16-25)21-38-24(7)32(43)41-31(23(5)6)34(45)39-20-22(3)4/h10-12,15-16,18-19,22-24,30-31,38H,8-9,13-14,17,20-21H2,1-7H3,(H,39,45)(H,40,44)(H,41,43)/t24-,30-,31-/m0/s1. The Kier molecular flexibility index (Phi) is 15.8. The number of carbonyl (C=O) groups is 4. The number of hydrogen-bond donors (Lipinski definition) is 4. The third-order valence-corrected chi connectivity index (χ3v) is 7.38.